The summed E-state index contributed by atoms with van der Waals surface area (Å²) >= 11 is 0. The van der Waals surface area contributed by atoms with E-state index >= 15 is 0 Å². The van der Waals surface area contributed by atoms with E-state index in [4.69, 9.17) is 0 Å². The quantitative estimate of drug-likeness (QED) is 0.612. The Labute approximate surface area is 72.6 Å². The van der Waals surface area contributed by atoms with Gasteiger partial charge >= 0.3 is 0 Å². The standard InChI is InChI=1S/C9H13N3/c1-10-8-3-4-9-11(2)5-6-12(9)7-8/h3-7,9-10H,1-2H3. The third-order valence-electron chi connectivity index (χ3n) is 2.22. The largest absolute Gasteiger partial charge is 0.387 e. The summed E-state index contributed by atoms with van der Waals surface area (Å²) in [7, 11) is 4.00. The van der Waals surface area contributed by atoms with E-state index in [2.05, 4.69) is 52.9 Å². The van der Waals surface area contributed by atoms with Gasteiger partial charge in [-0.3, -0.25) is 0 Å². The average Bonchev–Trinajstić information content (AvgIpc) is 2.47. The molecular formula is C9H13N3. The van der Waals surface area contributed by atoms with Crippen molar-refractivity contribution in [3.05, 3.63) is 36.4 Å². The van der Waals surface area contributed by atoms with E-state index < -0.39 is 0 Å². The summed E-state index contributed by atoms with van der Waals surface area (Å²) in [6.07, 6.45) is 10.9. The zero-order valence-electron chi connectivity index (χ0n) is 7.36. The average molecular weight is 163 g/mol. The summed E-state index contributed by atoms with van der Waals surface area (Å²) in [5.41, 5.74) is 1.14. The fourth-order valence-corrected chi connectivity index (χ4v) is 1.46. The predicted molar refractivity (Wildman–Crippen MR) is 48.8 cm³/mol. The molecule has 2 aliphatic heterocycles. The summed E-state index contributed by atoms with van der Waals surface area (Å²) in [6.45, 7) is 0. The van der Waals surface area contributed by atoms with Crippen LogP contribution in [0.5, 0.6) is 0 Å². The molecule has 0 bridgehead atoms. The number of likely N-dealkylation sites (N-methyl/N-ethyl adjacent to an activating group) is 2. The van der Waals surface area contributed by atoms with E-state index in [1.165, 1.54) is 0 Å². The first kappa shape index (κ1) is 7.28. The molecule has 0 aliphatic carbocycles. The summed E-state index contributed by atoms with van der Waals surface area (Å²) < 4.78 is 0. The Kier molecular flexibility index (Phi) is 1.57. The number of hydrogen-bond acceptors (Lipinski definition) is 3. The first-order valence-electron chi connectivity index (χ1n) is 4.07. The van der Waals surface area contributed by atoms with Crippen molar-refractivity contribution in [3.63, 3.8) is 0 Å². The van der Waals surface area contributed by atoms with Crippen LogP contribution in [0.3, 0.4) is 0 Å². The van der Waals surface area contributed by atoms with E-state index in [0.717, 1.165) is 5.70 Å². The molecule has 0 fully saturated rings. The van der Waals surface area contributed by atoms with Gasteiger partial charge in [-0.2, -0.15) is 0 Å². The number of allylic oxidation sites excluding steroid dienone is 1. The lowest BCUT2D eigenvalue weighted by Gasteiger charge is -2.28. The minimum atomic E-state index is 0.377. The highest BCUT2D eigenvalue weighted by molar-refractivity contribution is 5.26. The Bertz CT molecular complexity index is 265. The zero-order chi connectivity index (χ0) is 8.55. The molecule has 0 spiro atoms. The molecule has 1 N–H and O–H groups in total. The Balaban J connectivity index is 2.20. The molecule has 3 heteroatoms. The van der Waals surface area contributed by atoms with Gasteiger partial charge in [0.25, 0.3) is 0 Å². The van der Waals surface area contributed by atoms with Crippen LogP contribution < -0.4 is 5.32 Å². The molecule has 0 aromatic rings. The first-order valence-corrected chi connectivity index (χ1v) is 4.07. The van der Waals surface area contributed by atoms with Gasteiger partial charge in [0, 0.05) is 32.7 Å². The van der Waals surface area contributed by atoms with Crippen LogP contribution in [0.15, 0.2) is 36.4 Å². The van der Waals surface area contributed by atoms with Gasteiger partial charge in [-0.1, -0.05) is 0 Å². The summed E-state index contributed by atoms with van der Waals surface area (Å²) in [6, 6.07) is 0. The third kappa shape index (κ3) is 0.978. The molecule has 0 amide bonds. The minimum absolute atomic E-state index is 0.377. The Morgan fingerprint density at radius 2 is 2.25 bits per heavy atom. The van der Waals surface area contributed by atoms with Crippen LogP contribution in [-0.2, 0) is 0 Å². The maximum atomic E-state index is 3.11. The van der Waals surface area contributed by atoms with Crippen LogP contribution >= 0.6 is 0 Å². The van der Waals surface area contributed by atoms with Crippen molar-refractivity contribution < 1.29 is 0 Å². The Hall–Kier alpha value is -1.38. The minimum Gasteiger partial charge on any atom is -0.387 e. The molecule has 0 aromatic heterocycles. The lowest BCUT2D eigenvalue weighted by Crippen LogP contribution is -2.34. The molecule has 0 aromatic carbocycles. The molecule has 0 saturated heterocycles. The van der Waals surface area contributed by atoms with Gasteiger partial charge in [0.1, 0.15) is 6.17 Å². The lowest BCUT2D eigenvalue weighted by molar-refractivity contribution is 0.273. The number of rotatable bonds is 1. The topological polar surface area (TPSA) is 18.5 Å². The lowest BCUT2D eigenvalue weighted by atomic mass is 10.2. The predicted octanol–water partition coefficient (Wildman–Crippen LogP) is 0.662. The number of hydrogen-bond donors (Lipinski definition) is 1. The molecule has 1 atom stereocenters. The second kappa shape index (κ2) is 2.59. The summed E-state index contributed by atoms with van der Waals surface area (Å²) in [5, 5.41) is 3.11. The number of nitrogens with zero attached hydrogens (tertiary/aromatic N) is 2. The fourth-order valence-electron chi connectivity index (χ4n) is 1.46. The van der Waals surface area contributed by atoms with Crippen molar-refractivity contribution in [2.75, 3.05) is 14.1 Å². The highest BCUT2D eigenvalue weighted by Crippen LogP contribution is 2.20. The van der Waals surface area contributed by atoms with E-state index in [0.29, 0.717) is 6.17 Å². The Morgan fingerprint density at radius 3 is 3.00 bits per heavy atom. The summed E-state index contributed by atoms with van der Waals surface area (Å²) in [4.78, 5) is 4.34. The summed E-state index contributed by atoms with van der Waals surface area (Å²) in [5.74, 6) is 0. The van der Waals surface area contributed by atoms with E-state index in [-0.39, 0.29) is 0 Å². The van der Waals surface area contributed by atoms with Crippen molar-refractivity contribution in [2.45, 2.75) is 6.17 Å². The van der Waals surface area contributed by atoms with Gasteiger partial charge in [-0.15, -0.1) is 0 Å². The van der Waals surface area contributed by atoms with Gasteiger partial charge in [0.05, 0.1) is 5.70 Å². The van der Waals surface area contributed by atoms with E-state index in [9.17, 15) is 0 Å². The molecule has 3 nitrogen and oxygen atoms in total. The van der Waals surface area contributed by atoms with Crippen molar-refractivity contribution in [2.24, 2.45) is 0 Å². The van der Waals surface area contributed by atoms with Crippen LogP contribution in [0.2, 0.25) is 0 Å². The highest BCUT2D eigenvalue weighted by atomic mass is 15.4. The first-order chi connectivity index (χ1) is 5.81. The molecule has 0 saturated carbocycles. The van der Waals surface area contributed by atoms with Crippen LogP contribution in [0.25, 0.3) is 0 Å². The molecule has 12 heavy (non-hydrogen) atoms. The fraction of sp³-hybridized carbons (Fsp3) is 0.333. The smallest absolute Gasteiger partial charge is 0.124 e. The van der Waals surface area contributed by atoms with Gasteiger partial charge in [-0.05, 0) is 12.2 Å². The van der Waals surface area contributed by atoms with E-state index in [1.807, 2.05) is 7.05 Å². The molecule has 2 heterocycles. The molecular weight excluding hydrogens is 150 g/mol. The van der Waals surface area contributed by atoms with Crippen molar-refractivity contribution in [1.29, 1.82) is 0 Å². The monoisotopic (exact) mass is 163 g/mol. The van der Waals surface area contributed by atoms with Gasteiger partial charge < -0.3 is 15.1 Å². The van der Waals surface area contributed by atoms with Gasteiger partial charge in [0.15, 0.2) is 0 Å². The molecule has 2 aliphatic rings. The molecule has 0 radical (unpaired) electrons. The van der Waals surface area contributed by atoms with Crippen LogP contribution in [0.4, 0.5) is 0 Å². The maximum absolute atomic E-state index is 3.11. The van der Waals surface area contributed by atoms with Crippen LogP contribution in [0, 0.1) is 0 Å². The normalized spacial score (nSPS) is 25.8. The second-order valence-corrected chi connectivity index (χ2v) is 3.02. The SMILES string of the molecule is CNC1=CN2C=CN(C)C2C=C1. The van der Waals surface area contributed by atoms with Crippen molar-refractivity contribution >= 4 is 0 Å². The second-order valence-electron chi connectivity index (χ2n) is 3.02. The maximum Gasteiger partial charge on any atom is 0.124 e. The van der Waals surface area contributed by atoms with Gasteiger partial charge in [0.2, 0.25) is 0 Å². The molecule has 1 unspecified atom stereocenters. The van der Waals surface area contributed by atoms with Gasteiger partial charge in [-0.25, -0.2) is 0 Å². The molecule has 2 rings (SSSR count). The van der Waals surface area contributed by atoms with Crippen molar-refractivity contribution in [1.82, 2.24) is 15.1 Å². The number of fused-ring (bicyclic) bond motifs is 1. The van der Waals surface area contributed by atoms with Crippen LogP contribution in [0.1, 0.15) is 0 Å². The third-order valence-corrected chi connectivity index (χ3v) is 2.22. The number of nitrogens with one attached hydrogen (secondary N) is 1. The van der Waals surface area contributed by atoms with Crippen LogP contribution in [-0.4, -0.2) is 30.1 Å². The highest BCUT2D eigenvalue weighted by Gasteiger charge is 2.21. The Morgan fingerprint density at radius 1 is 1.42 bits per heavy atom. The molecule has 64 valence electrons. The van der Waals surface area contributed by atoms with E-state index in [1.54, 1.807) is 0 Å². The van der Waals surface area contributed by atoms with Crippen molar-refractivity contribution in [3.8, 4) is 0 Å². The zero-order valence-corrected chi connectivity index (χ0v) is 7.36.